The van der Waals surface area contributed by atoms with Crippen LogP contribution in [-0.4, -0.2) is 43.8 Å². The fraction of sp³-hybridized carbons (Fsp3) is 0.348. The molecule has 2 aromatic carbocycles. The van der Waals surface area contributed by atoms with Gasteiger partial charge in [0.1, 0.15) is 0 Å². The third-order valence-corrected chi connectivity index (χ3v) is 4.94. The van der Waals surface area contributed by atoms with Crippen molar-refractivity contribution in [3.05, 3.63) is 47.5 Å². The number of amides is 2. The first-order chi connectivity index (χ1) is 14.5. The van der Waals surface area contributed by atoms with E-state index in [4.69, 9.17) is 0 Å². The van der Waals surface area contributed by atoms with Crippen LogP contribution in [0.15, 0.2) is 36.4 Å². The molecule has 0 spiro atoms. The molecule has 0 aromatic heterocycles. The minimum atomic E-state index is -0.104. The highest BCUT2D eigenvalue weighted by Gasteiger charge is 2.27. The van der Waals surface area contributed by atoms with Gasteiger partial charge in [-0.15, -0.1) is 0 Å². The normalized spacial score (nSPS) is 11.7. The maximum atomic E-state index is 12.9. The predicted octanol–water partition coefficient (Wildman–Crippen LogP) is 2.77. The lowest BCUT2D eigenvalue weighted by Gasteiger charge is -2.08. The van der Waals surface area contributed by atoms with Crippen molar-refractivity contribution in [2.24, 2.45) is 0 Å². The van der Waals surface area contributed by atoms with E-state index in [9.17, 15) is 14.4 Å². The summed E-state index contributed by atoms with van der Waals surface area (Å²) in [6.45, 7) is 6.83. The van der Waals surface area contributed by atoms with E-state index in [0.29, 0.717) is 48.4 Å². The lowest BCUT2D eigenvalue weighted by atomic mass is 10.0. The van der Waals surface area contributed by atoms with Crippen molar-refractivity contribution in [1.82, 2.24) is 10.6 Å². The highest BCUT2D eigenvalue weighted by Crippen LogP contribution is 2.39. The number of rotatable bonds is 10. The van der Waals surface area contributed by atoms with Gasteiger partial charge in [0, 0.05) is 48.4 Å². The van der Waals surface area contributed by atoms with Crippen LogP contribution in [0.25, 0.3) is 11.1 Å². The Morgan fingerprint density at radius 3 is 1.53 bits per heavy atom. The standard InChI is InChI=1S/C23H28N4O3/c1-3-24-11-9-21(28)26-15-5-7-17-18-8-6-16(27-22(29)10-12-25-4-2)14-20(18)23(30)19(17)13-15/h5-8,13-14,24-25H,3-4,9-12H2,1-2H3,(H,26,28)(H,27,29). The van der Waals surface area contributed by atoms with Crippen LogP contribution in [0.5, 0.6) is 0 Å². The van der Waals surface area contributed by atoms with Crippen LogP contribution >= 0.6 is 0 Å². The maximum Gasteiger partial charge on any atom is 0.225 e. The van der Waals surface area contributed by atoms with Crippen molar-refractivity contribution in [2.75, 3.05) is 36.8 Å². The van der Waals surface area contributed by atoms with Gasteiger partial charge in [-0.2, -0.15) is 0 Å². The quantitative estimate of drug-likeness (QED) is 0.387. The lowest BCUT2D eigenvalue weighted by Crippen LogP contribution is -2.21. The van der Waals surface area contributed by atoms with E-state index in [1.54, 1.807) is 12.1 Å². The summed E-state index contributed by atoms with van der Waals surface area (Å²) >= 11 is 0. The summed E-state index contributed by atoms with van der Waals surface area (Å²) in [6, 6.07) is 10.8. The van der Waals surface area contributed by atoms with Gasteiger partial charge in [-0.3, -0.25) is 14.4 Å². The molecule has 0 aliphatic heterocycles. The van der Waals surface area contributed by atoms with Crippen molar-refractivity contribution >= 4 is 29.0 Å². The number of anilines is 2. The first-order valence-electron chi connectivity index (χ1n) is 10.4. The molecule has 0 heterocycles. The van der Waals surface area contributed by atoms with Crippen LogP contribution in [-0.2, 0) is 9.59 Å². The van der Waals surface area contributed by atoms with Gasteiger partial charge in [0.2, 0.25) is 11.8 Å². The van der Waals surface area contributed by atoms with Crippen LogP contribution in [0.3, 0.4) is 0 Å². The molecule has 0 radical (unpaired) electrons. The largest absolute Gasteiger partial charge is 0.326 e. The van der Waals surface area contributed by atoms with E-state index >= 15 is 0 Å². The van der Waals surface area contributed by atoms with E-state index in [0.717, 1.165) is 24.2 Å². The molecule has 7 heteroatoms. The second-order valence-corrected chi connectivity index (χ2v) is 7.15. The Balaban J connectivity index is 1.70. The topological polar surface area (TPSA) is 99.3 Å². The van der Waals surface area contributed by atoms with Crippen LogP contribution in [0.2, 0.25) is 0 Å². The third kappa shape index (κ3) is 5.11. The Hall–Kier alpha value is -3.03. The molecule has 1 aliphatic rings. The zero-order chi connectivity index (χ0) is 21.5. The lowest BCUT2D eigenvalue weighted by molar-refractivity contribution is -0.116. The molecule has 1 aliphatic carbocycles. The average Bonchev–Trinajstić information content (AvgIpc) is 3.00. The number of ketones is 1. The molecule has 3 rings (SSSR count). The molecule has 0 fully saturated rings. The molecule has 0 saturated carbocycles. The van der Waals surface area contributed by atoms with Crippen molar-refractivity contribution in [3.8, 4) is 11.1 Å². The van der Waals surface area contributed by atoms with Crippen LogP contribution < -0.4 is 21.3 Å². The molecule has 0 bridgehead atoms. The minimum Gasteiger partial charge on any atom is -0.326 e. The first kappa shape index (κ1) is 21.7. The monoisotopic (exact) mass is 408 g/mol. The molecule has 158 valence electrons. The van der Waals surface area contributed by atoms with E-state index in [2.05, 4.69) is 21.3 Å². The van der Waals surface area contributed by atoms with E-state index in [1.807, 2.05) is 38.1 Å². The molecule has 0 atom stereocenters. The van der Waals surface area contributed by atoms with Crippen LogP contribution in [0.1, 0.15) is 42.6 Å². The zero-order valence-electron chi connectivity index (χ0n) is 17.4. The highest BCUT2D eigenvalue weighted by molar-refractivity contribution is 6.22. The van der Waals surface area contributed by atoms with Crippen LogP contribution in [0, 0.1) is 0 Å². The molecule has 0 unspecified atom stereocenters. The molecule has 2 aromatic rings. The molecule has 2 amide bonds. The summed E-state index contributed by atoms with van der Waals surface area (Å²) in [7, 11) is 0. The molecular formula is C23H28N4O3. The number of carbonyl (C=O) groups is 3. The Kier molecular flexibility index (Phi) is 7.32. The van der Waals surface area contributed by atoms with E-state index < -0.39 is 0 Å². The van der Waals surface area contributed by atoms with E-state index in [1.165, 1.54) is 0 Å². The number of hydrogen-bond acceptors (Lipinski definition) is 5. The summed E-state index contributed by atoms with van der Waals surface area (Å²) in [5.74, 6) is -0.296. The summed E-state index contributed by atoms with van der Waals surface area (Å²) < 4.78 is 0. The summed E-state index contributed by atoms with van der Waals surface area (Å²) in [5, 5.41) is 11.9. The second kappa shape index (κ2) is 10.1. The number of nitrogens with one attached hydrogen (secondary N) is 4. The average molecular weight is 409 g/mol. The number of hydrogen-bond donors (Lipinski definition) is 4. The minimum absolute atomic E-state index is 0.0959. The third-order valence-electron chi connectivity index (χ3n) is 4.94. The Bertz CT molecular complexity index is 880. The van der Waals surface area contributed by atoms with Gasteiger partial charge in [-0.25, -0.2) is 0 Å². The number of fused-ring (bicyclic) bond motifs is 3. The molecule has 30 heavy (non-hydrogen) atoms. The van der Waals surface area contributed by atoms with Crippen molar-refractivity contribution in [2.45, 2.75) is 26.7 Å². The smallest absolute Gasteiger partial charge is 0.225 e. The van der Waals surface area contributed by atoms with Gasteiger partial charge in [-0.05, 0) is 48.5 Å². The fourth-order valence-electron chi connectivity index (χ4n) is 3.44. The predicted molar refractivity (Wildman–Crippen MR) is 119 cm³/mol. The van der Waals surface area contributed by atoms with Gasteiger partial charge in [0.25, 0.3) is 0 Å². The molecule has 4 N–H and O–H groups in total. The van der Waals surface area contributed by atoms with Gasteiger partial charge in [-0.1, -0.05) is 26.0 Å². The van der Waals surface area contributed by atoms with Gasteiger partial charge in [0.15, 0.2) is 5.78 Å². The summed E-state index contributed by atoms with van der Waals surface area (Å²) in [5.41, 5.74) is 4.01. The SMILES string of the molecule is CCNCCC(=O)Nc1ccc2c(c1)C(=O)c1cc(NC(=O)CCNCC)ccc1-2. The van der Waals surface area contributed by atoms with E-state index in [-0.39, 0.29) is 17.6 Å². The maximum absolute atomic E-state index is 12.9. The molecule has 7 nitrogen and oxygen atoms in total. The number of benzene rings is 2. The van der Waals surface area contributed by atoms with Gasteiger partial charge >= 0.3 is 0 Å². The van der Waals surface area contributed by atoms with Gasteiger partial charge in [0.05, 0.1) is 0 Å². The highest BCUT2D eigenvalue weighted by atomic mass is 16.2. The molecular weight excluding hydrogens is 380 g/mol. The fourth-order valence-corrected chi connectivity index (χ4v) is 3.44. The Labute approximate surface area is 176 Å². The summed E-state index contributed by atoms with van der Waals surface area (Å²) in [6.07, 6.45) is 0.742. The Morgan fingerprint density at radius 2 is 1.13 bits per heavy atom. The second-order valence-electron chi connectivity index (χ2n) is 7.15. The summed E-state index contributed by atoms with van der Waals surface area (Å²) in [4.78, 5) is 37.0. The van der Waals surface area contributed by atoms with Crippen molar-refractivity contribution in [3.63, 3.8) is 0 Å². The van der Waals surface area contributed by atoms with Crippen LogP contribution in [0.4, 0.5) is 11.4 Å². The number of carbonyl (C=O) groups excluding carboxylic acids is 3. The first-order valence-corrected chi connectivity index (χ1v) is 10.4. The van der Waals surface area contributed by atoms with Crippen molar-refractivity contribution in [1.29, 1.82) is 0 Å². The Morgan fingerprint density at radius 1 is 0.700 bits per heavy atom. The molecule has 0 saturated heterocycles. The van der Waals surface area contributed by atoms with Crippen molar-refractivity contribution < 1.29 is 14.4 Å². The van der Waals surface area contributed by atoms with Gasteiger partial charge < -0.3 is 21.3 Å². The zero-order valence-corrected chi connectivity index (χ0v) is 17.4.